The van der Waals surface area contributed by atoms with Crippen LogP contribution in [0, 0.1) is 6.92 Å². The van der Waals surface area contributed by atoms with Gasteiger partial charge in [-0.1, -0.05) is 102 Å². The summed E-state index contributed by atoms with van der Waals surface area (Å²) >= 11 is 3.97. The summed E-state index contributed by atoms with van der Waals surface area (Å²) in [5.74, 6) is -1.97. The number of benzene rings is 3. The Bertz CT molecular complexity index is 2370. The molecule has 1 saturated heterocycles. The molecule has 0 spiro atoms. The van der Waals surface area contributed by atoms with E-state index in [2.05, 4.69) is 20.8 Å². The molecule has 2 aliphatic rings. The number of allylic oxidation sites excluding steroid dienone is 1. The predicted octanol–water partition coefficient (Wildman–Crippen LogP) is 7.39. The molecule has 0 radical (unpaired) electrons. The Morgan fingerprint density at radius 2 is 1.55 bits per heavy atom. The number of aryl methyl sites for hydroxylation is 1. The number of carboxylic acid groups (broad SMARTS) is 1. The molecule has 7 rings (SSSR count). The molecule has 14 nitrogen and oxygen atoms in total. The fourth-order valence-electron chi connectivity index (χ4n) is 6.66. The third-order valence-corrected chi connectivity index (χ3v) is 12.2. The van der Waals surface area contributed by atoms with Crippen LogP contribution in [0.4, 0.5) is 9.93 Å². The number of oxime groups is 1. The van der Waals surface area contributed by atoms with Crippen LogP contribution in [0.2, 0.25) is 0 Å². The first-order valence-electron chi connectivity index (χ1n) is 18.6. The molecule has 0 aliphatic carbocycles. The highest BCUT2D eigenvalue weighted by Gasteiger charge is 2.54. The number of rotatable bonds is 14. The smallest absolute Gasteiger partial charge is 0.457 e. The fourth-order valence-corrected chi connectivity index (χ4v) is 9.40. The van der Waals surface area contributed by atoms with Crippen molar-refractivity contribution in [3.05, 3.63) is 152 Å². The molecule has 0 saturated carbocycles. The number of thioether (sulfide) groups is 1. The van der Waals surface area contributed by atoms with Gasteiger partial charge in [-0.3, -0.25) is 14.5 Å². The summed E-state index contributed by atoms with van der Waals surface area (Å²) in [5, 5.41) is 21.4. The van der Waals surface area contributed by atoms with Crippen molar-refractivity contribution in [3.63, 3.8) is 0 Å². The molecule has 0 bridgehead atoms. The van der Waals surface area contributed by atoms with Crippen molar-refractivity contribution in [1.29, 1.82) is 0 Å². The average Bonchev–Trinajstić information content (AvgIpc) is 3.87. The Morgan fingerprint density at radius 1 is 0.933 bits per heavy atom. The van der Waals surface area contributed by atoms with Gasteiger partial charge in [0.05, 0.1) is 11.2 Å². The van der Waals surface area contributed by atoms with E-state index in [1.807, 2.05) is 97.9 Å². The van der Waals surface area contributed by atoms with E-state index in [9.17, 15) is 24.3 Å². The largest absolute Gasteiger partial charge is 0.512 e. The Balaban J connectivity index is 1.19. The number of hydrogen-bond acceptors (Lipinski definition) is 14. The van der Waals surface area contributed by atoms with Crippen molar-refractivity contribution in [2.45, 2.75) is 50.3 Å². The van der Waals surface area contributed by atoms with Gasteiger partial charge >= 0.3 is 12.1 Å². The van der Waals surface area contributed by atoms with Crippen LogP contribution in [0.3, 0.4) is 0 Å². The van der Waals surface area contributed by atoms with E-state index in [0.29, 0.717) is 10.7 Å². The first-order valence-corrected chi connectivity index (χ1v) is 21.4. The molecule has 4 heterocycles. The first-order chi connectivity index (χ1) is 28.8. The summed E-state index contributed by atoms with van der Waals surface area (Å²) in [7, 11) is 0. The first kappa shape index (κ1) is 41.8. The zero-order valence-electron chi connectivity index (χ0n) is 32.9. The molecular weight excluding hydrogens is 825 g/mol. The van der Waals surface area contributed by atoms with Crippen molar-refractivity contribution in [3.8, 4) is 0 Å². The number of nitrogens with one attached hydrogen (secondary N) is 2. The summed E-state index contributed by atoms with van der Waals surface area (Å²) in [6.07, 6.45) is 1.90. The van der Waals surface area contributed by atoms with Gasteiger partial charge in [0.25, 0.3) is 11.8 Å². The summed E-state index contributed by atoms with van der Waals surface area (Å²) in [4.78, 5) is 68.8. The van der Waals surface area contributed by atoms with Crippen LogP contribution in [0.25, 0.3) is 6.08 Å². The van der Waals surface area contributed by atoms with Crippen molar-refractivity contribution < 1.29 is 38.6 Å². The lowest BCUT2D eigenvalue weighted by Gasteiger charge is -2.48. The second-order valence-electron chi connectivity index (χ2n) is 14.5. The molecule has 308 valence electrons. The maximum absolute atomic E-state index is 14.2. The van der Waals surface area contributed by atoms with Gasteiger partial charge in [-0.2, -0.15) is 0 Å². The van der Waals surface area contributed by atoms with Gasteiger partial charge in [0.1, 0.15) is 28.2 Å². The van der Waals surface area contributed by atoms with Gasteiger partial charge in [-0.15, -0.1) is 34.4 Å². The average molecular weight is 865 g/mol. The van der Waals surface area contributed by atoms with E-state index in [0.717, 1.165) is 27.3 Å². The van der Waals surface area contributed by atoms with E-state index in [-0.39, 0.29) is 23.0 Å². The van der Waals surface area contributed by atoms with E-state index in [4.69, 9.17) is 19.3 Å². The lowest BCUT2D eigenvalue weighted by molar-refractivity contribution is -0.160. The lowest BCUT2D eigenvalue weighted by Crippen LogP contribution is -2.70. The monoisotopic (exact) mass is 864 g/mol. The van der Waals surface area contributed by atoms with E-state index in [1.165, 1.54) is 39.3 Å². The molecule has 60 heavy (non-hydrogen) atoms. The second-order valence-corrected chi connectivity index (χ2v) is 17.4. The molecular formula is C43H40N6O8S3. The molecule has 2 atom stereocenters. The number of anilines is 1. The molecule has 17 heteroatoms. The Morgan fingerprint density at radius 3 is 2.10 bits per heavy atom. The number of fused-ring (bicyclic) bond motifs is 1. The second kappa shape index (κ2) is 17.9. The summed E-state index contributed by atoms with van der Waals surface area (Å²) in [6, 6.07) is 28.7. The topological polar surface area (TPSA) is 182 Å². The molecule has 1 fully saturated rings. The zero-order chi connectivity index (χ0) is 42.4. The summed E-state index contributed by atoms with van der Waals surface area (Å²) < 4.78 is 10.5. The zero-order valence-corrected chi connectivity index (χ0v) is 35.3. The van der Waals surface area contributed by atoms with E-state index < -0.39 is 53.1 Å². The third kappa shape index (κ3) is 9.12. The highest BCUT2D eigenvalue weighted by molar-refractivity contribution is 8.00. The standard InChI is InChI=1S/C43H40N6O8S3/c1-26-32(60-25-44-26)21-20-27-23-58-39-35(37(52)49(39)38(27)56-41(53)54)46-36(51)34(48-55-22-33(50)57-42(2,3)4)31-24-59-40(45-31)47-43(28-14-8-5-9-15-28,29-16-10-6-11-17-29)30-18-12-7-13-19-30/h5-21,24-25,35,39H,22-23H2,1-4H3,(H,45,47)(H,46,51)(H,53,54)/t35?,39-/m0/s1. The van der Waals surface area contributed by atoms with Crippen LogP contribution in [0.5, 0.6) is 0 Å². The van der Waals surface area contributed by atoms with E-state index in [1.54, 1.807) is 43.8 Å². The molecule has 3 N–H and O–H groups in total. The normalized spacial score (nSPS) is 16.8. The minimum Gasteiger partial charge on any atom is -0.457 e. The number of amides is 2. The van der Waals surface area contributed by atoms with Crippen molar-refractivity contribution in [2.24, 2.45) is 5.16 Å². The van der Waals surface area contributed by atoms with Gasteiger partial charge in [0, 0.05) is 21.6 Å². The van der Waals surface area contributed by atoms with Gasteiger partial charge in [-0.05, 0) is 50.5 Å². The number of aromatic nitrogens is 2. The number of β-lactam (4-membered cyclic amide) rings is 1. The highest BCUT2D eigenvalue weighted by atomic mass is 32.2. The predicted molar refractivity (Wildman–Crippen MR) is 230 cm³/mol. The summed E-state index contributed by atoms with van der Waals surface area (Å²) in [6.45, 7) is 6.39. The lowest BCUT2D eigenvalue weighted by atomic mass is 9.77. The van der Waals surface area contributed by atoms with Crippen molar-refractivity contribution in [2.75, 3.05) is 17.7 Å². The molecule has 2 aromatic heterocycles. The number of thiazole rings is 2. The third-order valence-electron chi connectivity index (χ3n) is 9.27. The highest BCUT2D eigenvalue weighted by Crippen LogP contribution is 2.42. The van der Waals surface area contributed by atoms with Gasteiger partial charge in [-0.25, -0.2) is 19.6 Å². The molecule has 5 aromatic rings. The van der Waals surface area contributed by atoms with Gasteiger partial charge in [0.15, 0.2) is 10.8 Å². The number of nitrogens with zero attached hydrogens (tertiary/aromatic N) is 4. The van der Waals surface area contributed by atoms with Crippen LogP contribution in [0.15, 0.2) is 125 Å². The molecule has 3 aromatic carbocycles. The van der Waals surface area contributed by atoms with E-state index >= 15 is 0 Å². The Hall–Kier alpha value is -6.30. The maximum Gasteiger partial charge on any atom is 0.512 e. The minimum atomic E-state index is -1.59. The number of carbonyl (C=O) groups is 4. The van der Waals surface area contributed by atoms with Crippen molar-refractivity contribution >= 4 is 75.3 Å². The number of esters is 1. The van der Waals surface area contributed by atoms with Crippen LogP contribution >= 0.6 is 34.4 Å². The molecule has 1 unspecified atom stereocenters. The minimum absolute atomic E-state index is 0.104. The maximum atomic E-state index is 14.2. The molecule has 2 aliphatic heterocycles. The van der Waals surface area contributed by atoms with Crippen molar-refractivity contribution in [1.82, 2.24) is 20.2 Å². The van der Waals surface area contributed by atoms with Crippen LogP contribution in [-0.2, 0) is 34.2 Å². The quantitative estimate of drug-likeness (QED) is 0.0332. The van der Waals surface area contributed by atoms with Gasteiger partial charge < -0.3 is 30.1 Å². The molecule has 2 amide bonds. The number of ether oxygens (including phenoxy) is 2. The van der Waals surface area contributed by atoms with Crippen LogP contribution < -0.4 is 10.6 Å². The van der Waals surface area contributed by atoms with Crippen LogP contribution in [0.1, 0.15) is 53.7 Å². The number of carbonyl (C=O) groups excluding carboxylic acids is 3. The summed E-state index contributed by atoms with van der Waals surface area (Å²) in [5.41, 5.74) is 3.86. The fraction of sp³-hybridized carbons (Fsp3) is 0.233. The Labute approximate surface area is 358 Å². The van der Waals surface area contributed by atoms with Crippen LogP contribution in [-0.4, -0.2) is 79.0 Å². The van der Waals surface area contributed by atoms with Gasteiger partial charge in [0.2, 0.25) is 12.5 Å². The Kier molecular flexibility index (Phi) is 12.5. The SMILES string of the molecule is Cc1ncsc1C=CC1=C(OC(=O)O)N2C(=O)C(NC(=O)C(=NOCC(=O)OC(C)(C)C)c3csc(NC(c4ccccc4)(c4ccccc4)c4ccccc4)n3)[C@@H]2SC1. The number of hydrogen-bond donors (Lipinski definition) is 3.